The molecule has 12 N–H and O–H groups in total. The van der Waals surface area contributed by atoms with Crippen LogP contribution in [-0.2, 0) is 0 Å². The summed E-state index contributed by atoms with van der Waals surface area (Å²) in [6.45, 7) is 15.8. The lowest BCUT2D eigenvalue weighted by Gasteiger charge is -2.73. The molecule has 0 aromatic heterocycles. The van der Waals surface area contributed by atoms with Crippen LogP contribution in [0.2, 0.25) is 0 Å². The van der Waals surface area contributed by atoms with E-state index in [0.717, 1.165) is 25.7 Å². The fourth-order valence-corrected chi connectivity index (χ4v) is 11.4. The maximum Gasteiger partial charge on any atom is 0.0287 e. The predicted octanol–water partition coefficient (Wildman–Crippen LogP) is 2.82. The number of hydrogen-bond acceptors (Lipinski definition) is 6. The molecule has 0 spiro atoms. The molecular weight excluding hydrogens is 444 g/mol. The first kappa shape index (κ1) is 27.1. The van der Waals surface area contributed by atoms with Crippen LogP contribution < -0.4 is 34.4 Å². The highest BCUT2D eigenvalue weighted by atomic mass is 14.9. The smallest absolute Gasteiger partial charge is 0.0287 e. The fraction of sp³-hybridized carbons (Fsp3) is 0.933. The van der Waals surface area contributed by atoms with Crippen LogP contribution in [0.1, 0.15) is 86.5 Å². The van der Waals surface area contributed by atoms with Gasteiger partial charge in [-0.15, -0.1) is 0 Å². The van der Waals surface area contributed by atoms with E-state index in [9.17, 15) is 0 Å². The Labute approximate surface area is 220 Å². The van der Waals surface area contributed by atoms with E-state index in [1.54, 1.807) is 5.57 Å². The molecule has 6 nitrogen and oxygen atoms in total. The maximum atomic E-state index is 7.22. The van der Waals surface area contributed by atoms with E-state index in [1.807, 2.05) is 0 Å². The van der Waals surface area contributed by atoms with Crippen molar-refractivity contribution in [3.63, 3.8) is 0 Å². The van der Waals surface area contributed by atoms with E-state index in [0.29, 0.717) is 30.8 Å². The summed E-state index contributed by atoms with van der Waals surface area (Å²) >= 11 is 0. The standard InChI is InChI=1S/C30H56N6/c1-25(2)13-18-17-7-8-20-26(3)11-10-21(33)27(4,15-31)19(26)9-12-28(20,5)29(17,6)14-22(34)30(18,16-32)24(36)23(25)35/h7,18-24H,8-16,31-36H2,1-6H3/t18?,19?,20?,21-,22+,23-,24-,26-,27+,28+,29+,30-/m0/s1. The van der Waals surface area contributed by atoms with Gasteiger partial charge in [-0.25, -0.2) is 0 Å². The van der Waals surface area contributed by atoms with E-state index < -0.39 is 0 Å². The third-order valence-corrected chi connectivity index (χ3v) is 14.2. The Kier molecular flexibility index (Phi) is 6.03. The van der Waals surface area contributed by atoms with Gasteiger partial charge in [0.25, 0.3) is 0 Å². The van der Waals surface area contributed by atoms with Crippen LogP contribution in [0.15, 0.2) is 11.6 Å². The Morgan fingerprint density at radius 3 is 2.06 bits per heavy atom. The van der Waals surface area contributed by atoms with Crippen molar-refractivity contribution in [2.75, 3.05) is 13.1 Å². The third-order valence-electron chi connectivity index (χ3n) is 14.2. The van der Waals surface area contributed by atoms with E-state index in [4.69, 9.17) is 34.4 Å². The molecular formula is C30H56N6. The summed E-state index contributed by atoms with van der Waals surface area (Å²) in [5.41, 5.74) is 42.5. The van der Waals surface area contributed by atoms with Crippen molar-refractivity contribution >= 4 is 0 Å². The lowest BCUT2D eigenvalue weighted by atomic mass is 9.32. The molecule has 5 aliphatic rings. The van der Waals surface area contributed by atoms with Crippen molar-refractivity contribution in [1.29, 1.82) is 0 Å². The van der Waals surface area contributed by atoms with Crippen LogP contribution in [0, 0.1) is 50.2 Å². The second kappa shape index (κ2) is 8.02. The first-order chi connectivity index (χ1) is 16.6. The number of hydrogen-bond donors (Lipinski definition) is 6. The van der Waals surface area contributed by atoms with Gasteiger partial charge in [-0.2, -0.15) is 0 Å². The van der Waals surface area contributed by atoms with Gasteiger partial charge in [0.05, 0.1) is 0 Å². The van der Waals surface area contributed by atoms with Crippen molar-refractivity contribution in [2.24, 2.45) is 84.6 Å². The average molecular weight is 501 g/mol. The predicted molar refractivity (Wildman–Crippen MR) is 150 cm³/mol. The fourth-order valence-electron chi connectivity index (χ4n) is 11.4. The second-order valence-electron chi connectivity index (χ2n) is 15.6. The minimum absolute atomic E-state index is 0.00714. The minimum Gasteiger partial charge on any atom is -0.330 e. The summed E-state index contributed by atoms with van der Waals surface area (Å²) in [4.78, 5) is 0. The van der Waals surface area contributed by atoms with Gasteiger partial charge in [-0.3, -0.25) is 0 Å². The van der Waals surface area contributed by atoms with Crippen molar-refractivity contribution < 1.29 is 0 Å². The Morgan fingerprint density at radius 2 is 1.44 bits per heavy atom. The highest BCUT2D eigenvalue weighted by molar-refractivity contribution is 5.37. The molecule has 0 aromatic rings. The summed E-state index contributed by atoms with van der Waals surface area (Å²) in [5.74, 6) is 1.45. The van der Waals surface area contributed by atoms with Crippen LogP contribution in [0.25, 0.3) is 0 Å². The molecule has 0 heterocycles. The van der Waals surface area contributed by atoms with Crippen molar-refractivity contribution in [3.05, 3.63) is 11.6 Å². The van der Waals surface area contributed by atoms with Gasteiger partial charge < -0.3 is 34.4 Å². The molecule has 0 amide bonds. The molecule has 3 unspecified atom stereocenters. The third kappa shape index (κ3) is 2.95. The van der Waals surface area contributed by atoms with Gasteiger partial charge in [-0.05, 0) is 96.3 Å². The van der Waals surface area contributed by atoms with Gasteiger partial charge in [0.2, 0.25) is 0 Å². The molecule has 0 aromatic carbocycles. The molecule has 0 aliphatic heterocycles. The van der Waals surface area contributed by atoms with Gasteiger partial charge in [0, 0.05) is 36.1 Å². The zero-order valence-corrected chi connectivity index (χ0v) is 23.9. The van der Waals surface area contributed by atoms with Gasteiger partial charge in [0.1, 0.15) is 0 Å². The number of allylic oxidation sites excluding steroid dienone is 2. The van der Waals surface area contributed by atoms with Gasteiger partial charge in [0.15, 0.2) is 0 Å². The highest BCUT2D eigenvalue weighted by Crippen LogP contribution is 2.75. The maximum absolute atomic E-state index is 7.22. The lowest BCUT2D eigenvalue weighted by Crippen LogP contribution is -2.76. The summed E-state index contributed by atoms with van der Waals surface area (Å²) in [6.07, 6.45) is 10.4. The largest absolute Gasteiger partial charge is 0.330 e. The van der Waals surface area contributed by atoms with Crippen LogP contribution in [0.3, 0.4) is 0 Å². The molecule has 0 bridgehead atoms. The molecule has 6 heteroatoms. The Balaban J connectivity index is 1.63. The van der Waals surface area contributed by atoms with Gasteiger partial charge in [-0.1, -0.05) is 53.2 Å². The summed E-state index contributed by atoms with van der Waals surface area (Å²) < 4.78 is 0. The Hall–Kier alpha value is -0.500. The summed E-state index contributed by atoms with van der Waals surface area (Å²) in [7, 11) is 0. The summed E-state index contributed by atoms with van der Waals surface area (Å²) in [5, 5.41) is 0. The van der Waals surface area contributed by atoms with Crippen LogP contribution in [0.4, 0.5) is 0 Å². The molecule has 4 fully saturated rings. The molecule has 0 radical (unpaired) electrons. The van der Waals surface area contributed by atoms with Crippen LogP contribution in [-0.4, -0.2) is 37.3 Å². The van der Waals surface area contributed by atoms with E-state index in [-0.39, 0.29) is 56.7 Å². The molecule has 206 valence electrons. The first-order valence-corrected chi connectivity index (χ1v) is 14.7. The molecule has 4 saturated carbocycles. The van der Waals surface area contributed by atoms with Crippen LogP contribution >= 0.6 is 0 Å². The molecule has 12 atom stereocenters. The zero-order chi connectivity index (χ0) is 26.7. The number of fused-ring (bicyclic) bond motifs is 7. The highest BCUT2D eigenvalue weighted by Gasteiger charge is 2.71. The van der Waals surface area contributed by atoms with E-state index in [1.165, 1.54) is 19.3 Å². The quantitative estimate of drug-likeness (QED) is 0.320. The minimum atomic E-state index is -0.333. The Morgan fingerprint density at radius 1 is 0.778 bits per heavy atom. The van der Waals surface area contributed by atoms with E-state index in [2.05, 4.69) is 47.6 Å². The zero-order valence-electron chi connectivity index (χ0n) is 23.9. The SMILES string of the molecule is CC1(C)CC2C3=CCC4[C@@]5(C)CC[C@H](N)[C@](C)(CN)C5CC[C@@]4(C)[C@]3(C)C[C@@H](N)[C@@]2(CN)[C@@H](N)[C@@H]1N. The molecule has 5 aliphatic carbocycles. The summed E-state index contributed by atoms with van der Waals surface area (Å²) in [6, 6.07) is -0.156. The number of nitrogens with two attached hydrogens (primary N) is 6. The molecule has 36 heavy (non-hydrogen) atoms. The molecule has 0 saturated heterocycles. The lowest BCUT2D eigenvalue weighted by molar-refractivity contribution is -0.189. The Bertz CT molecular complexity index is 932. The van der Waals surface area contributed by atoms with Crippen molar-refractivity contribution in [3.8, 4) is 0 Å². The van der Waals surface area contributed by atoms with Gasteiger partial charge >= 0.3 is 0 Å². The monoisotopic (exact) mass is 500 g/mol. The van der Waals surface area contributed by atoms with Crippen molar-refractivity contribution in [1.82, 2.24) is 0 Å². The topological polar surface area (TPSA) is 156 Å². The van der Waals surface area contributed by atoms with Crippen LogP contribution in [0.5, 0.6) is 0 Å². The normalized spacial score (nSPS) is 58.1. The van der Waals surface area contributed by atoms with E-state index >= 15 is 0 Å². The number of rotatable bonds is 2. The average Bonchev–Trinajstić information content (AvgIpc) is 2.81. The molecule has 5 rings (SSSR count). The first-order valence-electron chi connectivity index (χ1n) is 14.7. The van der Waals surface area contributed by atoms with Crippen molar-refractivity contribution in [2.45, 2.75) is 111 Å². The second-order valence-corrected chi connectivity index (χ2v) is 15.6.